The quantitative estimate of drug-likeness (QED) is 0.699. The first-order chi connectivity index (χ1) is 7.05. The summed E-state index contributed by atoms with van der Waals surface area (Å²) in [5, 5.41) is 3.13. The zero-order valence-corrected chi connectivity index (χ0v) is 10.2. The molecule has 1 saturated heterocycles. The van der Waals surface area contributed by atoms with Gasteiger partial charge in [-0.05, 0) is 33.7 Å². The maximum Gasteiger partial charge on any atom is 0.326 e. The Morgan fingerprint density at radius 1 is 1.40 bits per heavy atom. The summed E-state index contributed by atoms with van der Waals surface area (Å²) in [5.41, 5.74) is -0.458. The molecule has 1 aliphatic heterocycles. The highest BCUT2D eigenvalue weighted by molar-refractivity contribution is 5.80. The molecule has 15 heavy (non-hydrogen) atoms. The number of methoxy groups -OCH3 is 1. The fourth-order valence-corrected chi connectivity index (χ4v) is 2.17. The molecule has 0 atom stereocenters. The number of hydrogen-bond acceptors (Lipinski definition) is 4. The third-order valence-corrected chi connectivity index (χ3v) is 3.44. The highest BCUT2D eigenvalue weighted by atomic mass is 16.5. The Morgan fingerprint density at radius 2 is 1.93 bits per heavy atom. The minimum atomic E-state index is -0.458. The summed E-state index contributed by atoms with van der Waals surface area (Å²) in [6, 6.07) is 0.553. The summed E-state index contributed by atoms with van der Waals surface area (Å²) >= 11 is 0. The Morgan fingerprint density at radius 3 is 2.27 bits per heavy atom. The smallest absolute Gasteiger partial charge is 0.326 e. The summed E-state index contributed by atoms with van der Waals surface area (Å²) in [6.07, 6.45) is 1.66. The Labute approximate surface area is 92.0 Å². The minimum Gasteiger partial charge on any atom is -0.468 e. The summed E-state index contributed by atoms with van der Waals surface area (Å²) in [6.45, 7) is 6.27. The van der Waals surface area contributed by atoms with Crippen molar-refractivity contribution in [2.24, 2.45) is 0 Å². The minimum absolute atomic E-state index is 0.131. The molecule has 1 aliphatic rings. The predicted octanol–water partition coefficient (Wildman–Crippen LogP) is 0.622. The van der Waals surface area contributed by atoms with Gasteiger partial charge in [0.15, 0.2) is 0 Å². The van der Waals surface area contributed by atoms with Crippen LogP contribution in [0.2, 0.25) is 0 Å². The van der Waals surface area contributed by atoms with Gasteiger partial charge in [0.25, 0.3) is 0 Å². The summed E-state index contributed by atoms with van der Waals surface area (Å²) in [5.74, 6) is -0.131. The molecule has 0 aromatic carbocycles. The molecule has 0 amide bonds. The van der Waals surface area contributed by atoms with E-state index < -0.39 is 5.54 Å². The predicted molar refractivity (Wildman–Crippen MR) is 59.7 cm³/mol. The summed E-state index contributed by atoms with van der Waals surface area (Å²) in [7, 11) is 3.29. The van der Waals surface area contributed by atoms with E-state index in [9.17, 15) is 4.79 Å². The van der Waals surface area contributed by atoms with Gasteiger partial charge in [-0.2, -0.15) is 0 Å². The van der Waals surface area contributed by atoms with Crippen LogP contribution in [0.5, 0.6) is 0 Å². The van der Waals surface area contributed by atoms with Gasteiger partial charge in [0.05, 0.1) is 7.11 Å². The van der Waals surface area contributed by atoms with Crippen LogP contribution >= 0.6 is 0 Å². The molecule has 0 spiro atoms. The van der Waals surface area contributed by atoms with Crippen molar-refractivity contribution in [3.8, 4) is 0 Å². The highest BCUT2D eigenvalue weighted by Crippen LogP contribution is 2.24. The Hall–Kier alpha value is -0.610. The van der Waals surface area contributed by atoms with Crippen molar-refractivity contribution < 1.29 is 9.53 Å². The van der Waals surface area contributed by atoms with Crippen molar-refractivity contribution in [1.29, 1.82) is 0 Å². The molecule has 1 N–H and O–H groups in total. The van der Waals surface area contributed by atoms with Gasteiger partial charge in [-0.15, -0.1) is 0 Å². The lowest BCUT2D eigenvalue weighted by atomic mass is 9.87. The normalized spacial score (nSPS) is 21.7. The van der Waals surface area contributed by atoms with E-state index >= 15 is 0 Å². The van der Waals surface area contributed by atoms with E-state index in [1.165, 1.54) is 7.11 Å². The van der Waals surface area contributed by atoms with Gasteiger partial charge in [-0.3, -0.25) is 4.79 Å². The highest BCUT2D eigenvalue weighted by Gasteiger charge is 2.41. The fraction of sp³-hybridized carbons (Fsp3) is 0.909. The average molecular weight is 214 g/mol. The van der Waals surface area contributed by atoms with Crippen LogP contribution in [-0.2, 0) is 9.53 Å². The largest absolute Gasteiger partial charge is 0.468 e. The van der Waals surface area contributed by atoms with Crippen molar-refractivity contribution in [1.82, 2.24) is 10.2 Å². The van der Waals surface area contributed by atoms with E-state index in [2.05, 4.69) is 24.1 Å². The first kappa shape index (κ1) is 12.5. The number of piperidine rings is 1. The van der Waals surface area contributed by atoms with Crippen molar-refractivity contribution in [3.63, 3.8) is 0 Å². The molecule has 0 aromatic heterocycles. The third kappa shape index (κ3) is 2.49. The Bertz CT molecular complexity index is 221. The van der Waals surface area contributed by atoms with E-state index in [-0.39, 0.29) is 5.97 Å². The van der Waals surface area contributed by atoms with Gasteiger partial charge >= 0.3 is 5.97 Å². The zero-order valence-electron chi connectivity index (χ0n) is 10.2. The second-order valence-corrected chi connectivity index (χ2v) is 4.45. The summed E-state index contributed by atoms with van der Waals surface area (Å²) in [4.78, 5) is 14.1. The molecule has 4 heteroatoms. The van der Waals surface area contributed by atoms with Crippen LogP contribution in [0.3, 0.4) is 0 Å². The number of carbonyl (C=O) groups is 1. The van der Waals surface area contributed by atoms with E-state index in [1.807, 2.05) is 7.05 Å². The van der Waals surface area contributed by atoms with Gasteiger partial charge in [0.2, 0.25) is 0 Å². The number of likely N-dealkylation sites (tertiary alicyclic amines) is 1. The van der Waals surface area contributed by atoms with Gasteiger partial charge < -0.3 is 15.0 Å². The monoisotopic (exact) mass is 214 g/mol. The van der Waals surface area contributed by atoms with Crippen LogP contribution in [0.1, 0.15) is 26.7 Å². The van der Waals surface area contributed by atoms with Crippen molar-refractivity contribution in [2.75, 3.05) is 27.2 Å². The molecule has 1 fully saturated rings. The van der Waals surface area contributed by atoms with E-state index in [4.69, 9.17) is 4.74 Å². The fourth-order valence-electron chi connectivity index (χ4n) is 2.17. The van der Waals surface area contributed by atoms with Crippen molar-refractivity contribution in [2.45, 2.75) is 38.3 Å². The number of esters is 1. The van der Waals surface area contributed by atoms with Crippen LogP contribution in [0, 0.1) is 0 Å². The molecular weight excluding hydrogens is 192 g/mol. The first-order valence-corrected chi connectivity index (χ1v) is 5.57. The molecule has 1 heterocycles. The number of rotatable bonds is 3. The van der Waals surface area contributed by atoms with Gasteiger partial charge in [0, 0.05) is 19.1 Å². The Kier molecular flexibility index (Phi) is 4.11. The summed E-state index contributed by atoms with van der Waals surface area (Å²) < 4.78 is 4.86. The molecule has 0 radical (unpaired) electrons. The third-order valence-electron chi connectivity index (χ3n) is 3.44. The number of ether oxygens (including phenoxy) is 1. The number of hydrogen-bond donors (Lipinski definition) is 1. The second kappa shape index (κ2) is 4.94. The molecular formula is C11H22N2O2. The lowest BCUT2D eigenvalue weighted by molar-refractivity contribution is -0.150. The van der Waals surface area contributed by atoms with Crippen molar-refractivity contribution >= 4 is 5.97 Å². The SMILES string of the molecule is CNC1(C(=O)OC)CCN(C(C)C)CC1. The molecule has 4 nitrogen and oxygen atoms in total. The van der Waals surface area contributed by atoms with Crippen molar-refractivity contribution in [3.05, 3.63) is 0 Å². The average Bonchev–Trinajstić information content (AvgIpc) is 2.27. The molecule has 0 aromatic rings. The van der Waals surface area contributed by atoms with Crippen LogP contribution in [0.4, 0.5) is 0 Å². The van der Waals surface area contributed by atoms with Crippen LogP contribution < -0.4 is 5.32 Å². The van der Waals surface area contributed by atoms with Crippen LogP contribution in [-0.4, -0.2) is 49.7 Å². The molecule has 1 rings (SSSR count). The number of carbonyl (C=O) groups excluding carboxylic acids is 1. The van der Waals surface area contributed by atoms with Gasteiger partial charge in [-0.1, -0.05) is 0 Å². The van der Waals surface area contributed by atoms with Gasteiger partial charge in [-0.25, -0.2) is 0 Å². The molecule has 0 aliphatic carbocycles. The molecule has 0 saturated carbocycles. The lowest BCUT2D eigenvalue weighted by Crippen LogP contribution is -2.58. The topological polar surface area (TPSA) is 41.6 Å². The molecule has 88 valence electrons. The van der Waals surface area contributed by atoms with E-state index in [0.717, 1.165) is 25.9 Å². The van der Waals surface area contributed by atoms with Crippen LogP contribution in [0.25, 0.3) is 0 Å². The zero-order chi connectivity index (χ0) is 11.5. The van der Waals surface area contributed by atoms with Gasteiger partial charge in [0.1, 0.15) is 5.54 Å². The number of nitrogens with one attached hydrogen (secondary N) is 1. The maximum absolute atomic E-state index is 11.7. The van der Waals surface area contributed by atoms with E-state index in [1.54, 1.807) is 0 Å². The lowest BCUT2D eigenvalue weighted by Gasteiger charge is -2.41. The Balaban J connectivity index is 2.62. The maximum atomic E-state index is 11.7. The number of nitrogens with zero attached hydrogens (tertiary/aromatic N) is 1. The second-order valence-electron chi connectivity index (χ2n) is 4.45. The number of likely N-dealkylation sites (N-methyl/N-ethyl adjacent to an activating group) is 1. The standard InChI is InChI=1S/C11H22N2O2/c1-9(2)13-7-5-11(12-3,6-8-13)10(14)15-4/h9,12H,5-8H2,1-4H3. The van der Waals surface area contributed by atoms with E-state index in [0.29, 0.717) is 6.04 Å². The first-order valence-electron chi connectivity index (χ1n) is 5.57. The van der Waals surface area contributed by atoms with Crippen LogP contribution in [0.15, 0.2) is 0 Å². The molecule has 0 bridgehead atoms. The molecule has 0 unspecified atom stereocenters.